The normalized spacial score (nSPS) is 14.4. The molecule has 8 heteroatoms. The number of nitrogens with zero attached hydrogens (tertiary/aromatic N) is 6. The summed E-state index contributed by atoms with van der Waals surface area (Å²) in [4.78, 5) is 34.5. The standard InChI is InChI=1S/C19H20N6O2/c1-14-22-19(27)16-4-2-3-5-17(16)25(14)15-6-9-23(10-7-15)18(26)8-11-24-13-20-12-21-24/h2-6,12-13H,7-11H2,1H3. The second kappa shape index (κ2) is 7.14. The topological polar surface area (TPSA) is 85.9 Å². The molecule has 1 aliphatic heterocycles. The molecule has 0 N–H and O–H groups in total. The van der Waals surface area contributed by atoms with Crippen LogP contribution in [0.1, 0.15) is 18.7 Å². The fourth-order valence-electron chi connectivity index (χ4n) is 3.45. The summed E-state index contributed by atoms with van der Waals surface area (Å²) in [5.41, 5.74) is 1.71. The fourth-order valence-corrected chi connectivity index (χ4v) is 3.45. The van der Waals surface area contributed by atoms with Gasteiger partial charge in [0.1, 0.15) is 18.5 Å². The molecular formula is C19H20N6O2. The summed E-state index contributed by atoms with van der Waals surface area (Å²) in [6.45, 7) is 3.55. The monoisotopic (exact) mass is 364 g/mol. The lowest BCUT2D eigenvalue weighted by molar-refractivity contribution is -0.131. The van der Waals surface area contributed by atoms with Crippen LogP contribution in [0.3, 0.4) is 0 Å². The molecule has 0 unspecified atom stereocenters. The first-order valence-corrected chi connectivity index (χ1v) is 8.91. The molecular weight excluding hydrogens is 344 g/mol. The first-order valence-electron chi connectivity index (χ1n) is 8.91. The molecule has 0 bridgehead atoms. The van der Waals surface area contributed by atoms with E-state index in [4.69, 9.17) is 0 Å². The van der Waals surface area contributed by atoms with E-state index >= 15 is 0 Å². The Morgan fingerprint density at radius 3 is 2.85 bits per heavy atom. The molecule has 138 valence electrons. The van der Waals surface area contributed by atoms with Gasteiger partial charge < -0.3 is 9.47 Å². The number of carbonyl (C=O) groups is 1. The Morgan fingerprint density at radius 2 is 2.11 bits per heavy atom. The van der Waals surface area contributed by atoms with Crippen molar-refractivity contribution >= 4 is 22.5 Å². The number of para-hydroxylation sites is 1. The minimum Gasteiger partial charge on any atom is -0.338 e. The zero-order valence-electron chi connectivity index (χ0n) is 15.1. The van der Waals surface area contributed by atoms with Crippen molar-refractivity contribution < 1.29 is 4.79 Å². The number of fused-ring (bicyclic) bond motifs is 1. The first-order chi connectivity index (χ1) is 13.1. The smallest absolute Gasteiger partial charge is 0.280 e. The maximum Gasteiger partial charge on any atom is 0.280 e. The third-order valence-electron chi connectivity index (χ3n) is 4.81. The second-order valence-corrected chi connectivity index (χ2v) is 6.51. The summed E-state index contributed by atoms with van der Waals surface area (Å²) in [6.07, 6.45) is 6.23. The van der Waals surface area contributed by atoms with Crippen molar-refractivity contribution in [2.24, 2.45) is 0 Å². The summed E-state index contributed by atoms with van der Waals surface area (Å²) < 4.78 is 3.68. The number of aryl methyl sites for hydroxylation is 2. The minimum absolute atomic E-state index is 0.0976. The molecule has 0 radical (unpaired) electrons. The molecule has 1 amide bonds. The highest BCUT2D eigenvalue weighted by molar-refractivity contribution is 5.82. The van der Waals surface area contributed by atoms with Gasteiger partial charge in [-0.15, -0.1) is 0 Å². The van der Waals surface area contributed by atoms with Gasteiger partial charge in [-0.2, -0.15) is 10.1 Å². The van der Waals surface area contributed by atoms with E-state index in [1.807, 2.05) is 40.7 Å². The fraction of sp³-hybridized carbons (Fsp3) is 0.316. The summed E-state index contributed by atoms with van der Waals surface area (Å²) in [5.74, 6) is 0.760. The van der Waals surface area contributed by atoms with Gasteiger partial charge in [0.15, 0.2) is 0 Å². The van der Waals surface area contributed by atoms with Gasteiger partial charge in [-0.05, 0) is 25.1 Å². The lowest BCUT2D eigenvalue weighted by Crippen LogP contribution is -2.36. The summed E-state index contributed by atoms with van der Waals surface area (Å²) in [5, 5.41) is 4.62. The van der Waals surface area contributed by atoms with Crippen LogP contribution in [-0.4, -0.2) is 48.2 Å². The highest BCUT2D eigenvalue weighted by Crippen LogP contribution is 2.22. The molecule has 0 fully saturated rings. The predicted octanol–water partition coefficient (Wildman–Crippen LogP) is 1.46. The Hall–Kier alpha value is -3.29. The average molecular weight is 364 g/mol. The maximum atomic E-state index is 12.4. The molecule has 4 rings (SSSR count). The quantitative estimate of drug-likeness (QED) is 0.700. The van der Waals surface area contributed by atoms with E-state index < -0.39 is 0 Å². The lowest BCUT2D eigenvalue weighted by Gasteiger charge is -2.28. The molecule has 0 saturated carbocycles. The molecule has 8 nitrogen and oxygen atoms in total. The van der Waals surface area contributed by atoms with E-state index in [1.54, 1.807) is 17.1 Å². The van der Waals surface area contributed by atoms with Gasteiger partial charge in [-0.1, -0.05) is 12.1 Å². The molecule has 27 heavy (non-hydrogen) atoms. The Bertz CT molecular complexity index is 1070. The molecule has 0 atom stereocenters. The number of hydrogen-bond acceptors (Lipinski definition) is 5. The van der Waals surface area contributed by atoms with Gasteiger partial charge in [0.05, 0.1) is 17.4 Å². The Morgan fingerprint density at radius 1 is 1.26 bits per heavy atom. The van der Waals surface area contributed by atoms with Crippen molar-refractivity contribution in [2.45, 2.75) is 26.3 Å². The number of rotatable bonds is 4. The molecule has 0 spiro atoms. The van der Waals surface area contributed by atoms with E-state index in [1.165, 1.54) is 6.33 Å². The summed E-state index contributed by atoms with van der Waals surface area (Å²) in [6, 6.07) is 7.49. The van der Waals surface area contributed by atoms with Gasteiger partial charge in [-0.25, -0.2) is 4.98 Å². The first kappa shape index (κ1) is 17.1. The van der Waals surface area contributed by atoms with Crippen LogP contribution in [0.4, 0.5) is 0 Å². The number of amides is 1. The maximum absolute atomic E-state index is 12.4. The summed E-state index contributed by atoms with van der Waals surface area (Å²) in [7, 11) is 0. The third kappa shape index (κ3) is 3.38. The Balaban J connectivity index is 1.53. The van der Waals surface area contributed by atoms with Crippen molar-refractivity contribution in [2.75, 3.05) is 13.1 Å². The highest BCUT2D eigenvalue weighted by atomic mass is 16.2. The number of carbonyl (C=O) groups excluding carboxylic acids is 1. The van der Waals surface area contributed by atoms with E-state index in [0.717, 1.165) is 11.2 Å². The SMILES string of the molecule is Cc1nc(=O)c2ccccc2n1C1=CCN(C(=O)CCn2cncn2)CC1. The average Bonchev–Trinajstić information content (AvgIpc) is 3.20. The van der Waals surface area contributed by atoms with Crippen LogP contribution in [-0.2, 0) is 11.3 Å². The molecule has 0 saturated heterocycles. The van der Waals surface area contributed by atoms with Crippen molar-refractivity contribution in [3.63, 3.8) is 0 Å². The minimum atomic E-state index is -0.208. The van der Waals surface area contributed by atoms with Crippen LogP contribution in [0.25, 0.3) is 16.6 Å². The molecule has 1 aromatic carbocycles. The summed E-state index contributed by atoms with van der Waals surface area (Å²) >= 11 is 0. The highest BCUT2D eigenvalue weighted by Gasteiger charge is 2.20. The van der Waals surface area contributed by atoms with Crippen LogP contribution in [0.5, 0.6) is 0 Å². The molecule has 2 aromatic heterocycles. The van der Waals surface area contributed by atoms with Crippen LogP contribution < -0.4 is 5.56 Å². The number of hydrogen-bond donors (Lipinski definition) is 0. The van der Waals surface area contributed by atoms with Crippen LogP contribution >= 0.6 is 0 Å². The Kier molecular flexibility index (Phi) is 4.53. The van der Waals surface area contributed by atoms with Crippen molar-refractivity contribution in [1.29, 1.82) is 0 Å². The molecule has 3 heterocycles. The van der Waals surface area contributed by atoms with Gasteiger partial charge >= 0.3 is 0 Å². The van der Waals surface area contributed by atoms with Crippen molar-refractivity contribution in [3.8, 4) is 0 Å². The van der Waals surface area contributed by atoms with E-state index in [2.05, 4.69) is 15.1 Å². The van der Waals surface area contributed by atoms with Crippen LogP contribution in [0, 0.1) is 6.92 Å². The van der Waals surface area contributed by atoms with E-state index in [0.29, 0.717) is 43.7 Å². The predicted molar refractivity (Wildman–Crippen MR) is 101 cm³/mol. The van der Waals surface area contributed by atoms with E-state index in [9.17, 15) is 9.59 Å². The van der Waals surface area contributed by atoms with Crippen LogP contribution in [0.2, 0.25) is 0 Å². The van der Waals surface area contributed by atoms with Gasteiger partial charge in [0, 0.05) is 31.6 Å². The largest absolute Gasteiger partial charge is 0.338 e. The lowest BCUT2D eigenvalue weighted by atomic mass is 10.1. The van der Waals surface area contributed by atoms with Crippen LogP contribution in [0.15, 0.2) is 47.8 Å². The number of aromatic nitrogens is 5. The van der Waals surface area contributed by atoms with Gasteiger partial charge in [0.2, 0.25) is 5.91 Å². The van der Waals surface area contributed by atoms with Gasteiger partial charge in [-0.3, -0.25) is 14.3 Å². The van der Waals surface area contributed by atoms with Crippen molar-refractivity contribution in [3.05, 3.63) is 59.2 Å². The molecule has 3 aromatic rings. The molecule has 1 aliphatic rings. The zero-order valence-corrected chi connectivity index (χ0v) is 15.1. The number of benzene rings is 1. The van der Waals surface area contributed by atoms with Crippen molar-refractivity contribution in [1.82, 2.24) is 29.2 Å². The van der Waals surface area contributed by atoms with E-state index in [-0.39, 0.29) is 11.5 Å². The second-order valence-electron chi connectivity index (χ2n) is 6.51. The van der Waals surface area contributed by atoms with Gasteiger partial charge in [0.25, 0.3) is 5.56 Å². The third-order valence-corrected chi connectivity index (χ3v) is 4.81. The molecule has 0 aliphatic carbocycles. The Labute approximate surface area is 155 Å². The zero-order chi connectivity index (χ0) is 18.8.